The molecular formula is C25H28F4N4O5S2. The number of halogens is 4. The molecule has 4 rings (SSSR count). The highest BCUT2D eigenvalue weighted by atomic mass is 32.2. The highest BCUT2D eigenvalue weighted by Crippen LogP contribution is 2.46. The molecule has 0 saturated heterocycles. The zero-order valence-corrected chi connectivity index (χ0v) is 23.8. The molecule has 1 saturated carbocycles. The first-order valence-corrected chi connectivity index (χ1v) is 14.8. The number of hydrogen-bond acceptors (Lipinski definition) is 9. The van der Waals surface area contributed by atoms with Gasteiger partial charge in [-0.05, 0) is 46.1 Å². The van der Waals surface area contributed by atoms with Gasteiger partial charge in [0.2, 0.25) is 21.7 Å². The van der Waals surface area contributed by atoms with Gasteiger partial charge in [0, 0.05) is 11.6 Å². The van der Waals surface area contributed by atoms with Crippen LogP contribution in [0.1, 0.15) is 64.1 Å². The quantitative estimate of drug-likeness (QED) is 0.224. The van der Waals surface area contributed by atoms with Crippen molar-refractivity contribution in [2.45, 2.75) is 82.5 Å². The molecule has 1 aliphatic carbocycles. The summed E-state index contributed by atoms with van der Waals surface area (Å²) in [5, 5.41) is 4.04. The van der Waals surface area contributed by atoms with E-state index < -0.39 is 49.7 Å². The summed E-state index contributed by atoms with van der Waals surface area (Å²) in [7, 11) is -4.55. The summed E-state index contributed by atoms with van der Waals surface area (Å²) in [6, 6.07) is 1.13. The normalized spacial score (nSPS) is 14.9. The standard InChI is InChI=1S/C25H28F4N4O5S2/c1-13(2)33-40(35,36)17-9-8-15(19(20(17)26)25(27,28)29)21-16(10-14-6-5-7-14)30-23(39-21)22-31-18(38-32-22)11-24(3,4)37-12-34/h8-9,12-14,33H,5-7,10-11H2,1-4H3. The summed E-state index contributed by atoms with van der Waals surface area (Å²) in [6.07, 6.45) is -2.03. The van der Waals surface area contributed by atoms with Crippen LogP contribution in [0.5, 0.6) is 0 Å². The van der Waals surface area contributed by atoms with Crippen molar-refractivity contribution in [1.29, 1.82) is 0 Å². The number of ether oxygens (including phenoxy) is 1. The van der Waals surface area contributed by atoms with E-state index in [1.165, 1.54) is 13.8 Å². The van der Waals surface area contributed by atoms with Crippen LogP contribution in [0.25, 0.3) is 21.3 Å². The van der Waals surface area contributed by atoms with Gasteiger partial charge in [0.15, 0.2) is 10.8 Å². The molecular weight excluding hydrogens is 576 g/mol. The van der Waals surface area contributed by atoms with Crippen LogP contribution in [0.3, 0.4) is 0 Å². The van der Waals surface area contributed by atoms with E-state index in [1.807, 2.05) is 0 Å². The lowest BCUT2D eigenvalue weighted by Crippen LogP contribution is -2.31. The number of rotatable bonds is 11. The first-order valence-electron chi connectivity index (χ1n) is 12.5. The predicted molar refractivity (Wildman–Crippen MR) is 137 cm³/mol. The van der Waals surface area contributed by atoms with Gasteiger partial charge in [-0.2, -0.15) is 18.2 Å². The maximum absolute atomic E-state index is 15.5. The second-order valence-corrected chi connectivity index (χ2v) is 13.2. The van der Waals surface area contributed by atoms with Crippen molar-refractivity contribution in [3.63, 3.8) is 0 Å². The minimum atomic E-state index is -5.20. The third-order valence-corrected chi connectivity index (χ3v) is 9.13. The molecule has 1 N–H and O–H groups in total. The van der Waals surface area contributed by atoms with Gasteiger partial charge in [0.1, 0.15) is 16.1 Å². The van der Waals surface area contributed by atoms with E-state index in [4.69, 9.17) is 9.26 Å². The maximum Gasteiger partial charge on any atom is 0.419 e. The largest absolute Gasteiger partial charge is 0.461 e. The Balaban J connectivity index is 1.82. The number of hydrogen-bond donors (Lipinski definition) is 1. The molecule has 1 aromatic carbocycles. The molecule has 2 aromatic heterocycles. The monoisotopic (exact) mass is 604 g/mol. The van der Waals surface area contributed by atoms with Crippen LogP contribution in [0, 0.1) is 11.7 Å². The van der Waals surface area contributed by atoms with Crippen molar-refractivity contribution < 1.29 is 40.0 Å². The zero-order valence-electron chi connectivity index (χ0n) is 22.1. The molecule has 1 fully saturated rings. The van der Waals surface area contributed by atoms with Gasteiger partial charge in [0.25, 0.3) is 6.47 Å². The van der Waals surface area contributed by atoms with Gasteiger partial charge in [-0.3, -0.25) is 4.79 Å². The summed E-state index contributed by atoms with van der Waals surface area (Å²) < 4.78 is 95.9. The average molecular weight is 605 g/mol. The number of sulfonamides is 1. The average Bonchev–Trinajstić information content (AvgIpc) is 3.40. The van der Waals surface area contributed by atoms with Gasteiger partial charge in [0.05, 0.1) is 17.0 Å². The van der Waals surface area contributed by atoms with Crippen molar-refractivity contribution in [1.82, 2.24) is 19.8 Å². The molecule has 1 aliphatic rings. The third kappa shape index (κ3) is 6.52. The SMILES string of the molecule is CC(C)NS(=O)(=O)c1ccc(-c2sc(-c3noc(CC(C)(C)OC=O)n3)nc2CC2CCC2)c(C(F)(F)F)c1F. The summed E-state index contributed by atoms with van der Waals surface area (Å²) in [4.78, 5) is 18.5. The van der Waals surface area contributed by atoms with Gasteiger partial charge < -0.3 is 9.26 Å². The predicted octanol–water partition coefficient (Wildman–Crippen LogP) is 5.54. The number of nitrogens with zero attached hydrogens (tertiary/aromatic N) is 3. The molecule has 2 heterocycles. The molecule has 0 aliphatic heterocycles. The van der Waals surface area contributed by atoms with Crippen molar-refractivity contribution in [2.24, 2.45) is 5.92 Å². The molecule has 0 bridgehead atoms. The first-order chi connectivity index (χ1) is 18.6. The van der Waals surface area contributed by atoms with E-state index in [1.54, 1.807) is 13.8 Å². The molecule has 0 atom stereocenters. The fraction of sp³-hybridized carbons (Fsp3) is 0.520. The fourth-order valence-corrected chi connectivity index (χ4v) is 6.70. The fourth-order valence-electron chi connectivity index (χ4n) is 4.32. The molecule has 3 aromatic rings. The highest BCUT2D eigenvalue weighted by Gasteiger charge is 2.41. The Bertz CT molecular complexity index is 1500. The van der Waals surface area contributed by atoms with E-state index in [2.05, 4.69) is 19.8 Å². The van der Waals surface area contributed by atoms with E-state index in [9.17, 15) is 26.4 Å². The van der Waals surface area contributed by atoms with E-state index >= 15 is 4.39 Å². The Kier molecular flexibility index (Phi) is 8.39. The van der Waals surface area contributed by atoms with Crippen molar-refractivity contribution in [2.75, 3.05) is 0 Å². The summed E-state index contributed by atoms with van der Waals surface area (Å²) in [5.41, 5.74) is -2.84. The second-order valence-electron chi connectivity index (χ2n) is 10.5. The molecule has 15 heteroatoms. The van der Waals surface area contributed by atoms with Crippen LogP contribution in [-0.2, 0) is 38.6 Å². The Morgan fingerprint density at radius 1 is 1.23 bits per heavy atom. The van der Waals surface area contributed by atoms with Gasteiger partial charge >= 0.3 is 6.18 Å². The van der Waals surface area contributed by atoms with Crippen LogP contribution < -0.4 is 4.72 Å². The van der Waals surface area contributed by atoms with Crippen LogP contribution in [0.15, 0.2) is 21.6 Å². The van der Waals surface area contributed by atoms with Crippen molar-refractivity contribution in [3.05, 3.63) is 35.1 Å². The molecule has 9 nitrogen and oxygen atoms in total. The maximum atomic E-state index is 15.5. The van der Waals surface area contributed by atoms with Gasteiger partial charge in [-0.15, -0.1) is 11.3 Å². The highest BCUT2D eigenvalue weighted by molar-refractivity contribution is 7.89. The topological polar surface area (TPSA) is 124 Å². The molecule has 0 spiro atoms. The molecule has 0 unspecified atom stereocenters. The van der Waals surface area contributed by atoms with Crippen LogP contribution in [0.4, 0.5) is 17.6 Å². The number of thiazole rings is 1. The number of aromatic nitrogens is 3. The lowest BCUT2D eigenvalue weighted by atomic mass is 9.81. The first kappa shape index (κ1) is 30.1. The summed E-state index contributed by atoms with van der Waals surface area (Å²) >= 11 is 0.832. The van der Waals surface area contributed by atoms with E-state index in [-0.39, 0.29) is 33.9 Å². The van der Waals surface area contributed by atoms with E-state index in [0.29, 0.717) is 18.6 Å². The van der Waals surface area contributed by atoms with Crippen molar-refractivity contribution >= 4 is 27.8 Å². The van der Waals surface area contributed by atoms with Crippen LogP contribution in [0.2, 0.25) is 0 Å². The molecule has 0 amide bonds. The Labute approximate surface area is 232 Å². The van der Waals surface area contributed by atoms with Crippen LogP contribution in [-0.4, -0.2) is 41.7 Å². The number of nitrogens with one attached hydrogen (secondary N) is 1. The minimum absolute atomic E-state index is 0.0115. The van der Waals surface area contributed by atoms with Crippen LogP contribution >= 0.6 is 11.3 Å². The number of carbonyl (C=O) groups is 1. The van der Waals surface area contributed by atoms with Crippen molar-refractivity contribution in [3.8, 4) is 21.3 Å². The zero-order chi connectivity index (χ0) is 29.5. The molecule has 218 valence electrons. The van der Waals surface area contributed by atoms with E-state index in [0.717, 1.165) is 42.7 Å². The van der Waals surface area contributed by atoms with Gasteiger partial charge in [-0.1, -0.05) is 30.5 Å². The minimum Gasteiger partial charge on any atom is -0.461 e. The Hall–Kier alpha value is -2.91. The molecule has 0 radical (unpaired) electrons. The number of carbonyl (C=O) groups excluding carboxylic acids is 1. The summed E-state index contributed by atoms with van der Waals surface area (Å²) in [5.74, 6) is -1.56. The Morgan fingerprint density at radius 3 is 2.50 bits per heavy atom. The lowest BCUT2D eigenvalue weighted by molar-refractivity contribution is -0.141. The van der Waals surface area contributed by atoms with Gasteiger partial charge in [-0.25, -0.2) is 22.5 Å². The third-order valence-electron chi connectivity index (χ3n) is 6.32. The smallest absolute Gasteiger partial charge is 0.419 e. The Morgan fingerprint density at radius 2 is 1.93 bits per heavy atom. The number of alkyl halides is 3. The number of benzene rings is 1. The lowest BCUT2D eigenvalue weighted by Gasteiger charge is -2.25. The molecule has 40 heavy (non-hydrogen) atoms. The summed E-state index contributed by atoms with van der Waals surface area (Å²) in [6.45, 7) is 6.51. The second kappa shape index (κ2) is 11.2.